The first-order valence-corrected chi connectivity index (χ1v) is 9.13. The fourth-order valence-electron chi connectivity index (χ4n) is 3.53. The summed E-state index contributed by atoms with van der Waals surface area (Å²) in [4.78, 5) is 9.54. The lowest BCUT2D eigenvalue weighted by Crippen LogP contribution is -2.26. The zero-order valence-corrected chi connectivity index (χ0v) is 15.3. The molecular formula is C23H23N3. The Balaban J connectivity index is 1.98. The average molecular weight is 341 g/mol. The number of para-hydroxylation sites is 1. The smallest absolute Gasteiger partial charge is 0.0879 e. The van der Waals surface area contributed by atoms with Crippen LogP contribution in [0.2, 0.25) is 0 Å². The number of fused-ring (bicyclic) bond motifs is 2. The van der Waals surface area contributed by atoms with Crippen LogP contribution in [-0.2, 0) is 0 Å². The molecule has 0 amide bonds. The van der Waals surface area contributed by atoms with Crippen molar-refractivity contribution in [1.82, 2.24) is 0 Å². The van der Waals surface area contributed by atoms with Gasteiger partial charge >= 0.3 is 0 Å². The SMILES string of the molecule is C=c1ccc2c(c1)N(c1ccccc1)c1cc(N(CC)CC)ccc1N=2. The molecule has 3 nitrogen and oxygen atoms in total. The quantitative estimate of drug-likeness (QED) is 0.537. The Morgan fingerprint density at radius 1 is 0.885 bits per heavy atom. The Hall–Kier alpha value is -3.07. The minimum absolute atomic E-state index is 0.976. The zero-order valence-electron chi connectivity index (χ0n) is 15.3. The molecule has 1 aliphatic rings. The summed E-state index contributed by atoms with van der Waals surface area (Å²) < 4.78 is 0. The van der Waals surface area contributed by atoms with Crippen molar-refractivity contribution in [3.05, 3.63) is 77.3 Å². The van der Waals surface area contributed by atoms with E-state index in [1.54, 1.807) is 0 Å². The monoisotopic (exact) mass is 341 g/mol. The molecule has 0 saturated carbocycles. The van der Waals surface area contributed by atoms with Crippen LogP contribution in [0, 0.1) is 0 Å². The summed E-state index contributed by atoms with van der Waals surface area (Å²) in [6.45, 7) is 10.4. The minimum Gasteiger partial charge on any atom is -0.372 e. The van der Waals surface area contributed by atoms with Gasteiger partial charge in [-0.05, 0) is 61.5 Å². The van der Waals surface area contributed by atoms with Crippen molar-refractivity contribution in [2.24, 2.45) is 4.99 Å². The van der Waals surface area contributed by atoms with Crippen LogP contribution in [0.15, 0.2) is 71.7 Å². The Bertz CT molecular complexity index is 1040. The van der Waals surface area contributed by atoms with E-state index in [4.69, 9.17) is 4.99 Å². The average Bonchev–Trinajstić information content (AvgIpc) is 2.68. The maximum atomic E-state index is 4.89. The number of hydrogen-bond acceptors (Lipinski definition) is 3. The van der Waals surface area contributed by atoms with Gasteiger partial charge in [0.25, 0.3) is 0 Å². The Morgan fingerprint density at radius 2 is 1.65 bits per heavy atom. The lowest BCUT2D eigenvalue weighted by Gasteiger charge is -2.31. The van der Waals surface area contributed by atoms with E-state index in [0.29, 0.717) is 0 Å². The van der Waals surface area contributed by atoms with Crippen LogP contribution >= 0.6 is 0 Å². The molecular weight excluding hydrogens is 318 g/mol. The maximum absolute atomic E-state index is 4.89. The second-order valence-corrected chi connectivity index (χ2v) is 6.45. The van der Waals surface area contributed by atoms with E-state index in [2.05, 4.69) is 84.8 Å². The zero-order chi connectivity index (χ0) is 18.1. The molecule has 0 fully saturated rings. The Kier molecular flexibility index (Phi) is 4.21. The van der Waals surface area contributed by atoms with E-state index in [1.807, 2.05) is 12.1 Å². The molecule has 3 heteroatoms. The van der Waals surface area contributed by atoms with Gasteiger partial charge < -0.3 is 9.80 Å². The molecule has 0 saturated heterocycles. The summed E-state index contributed by atoms with van der Waals surface area (Å²) in [5.74, 6) is 0. The third-order valence-electron chi connectivity index (χ3n) is 4.86. The lowest BCUT2D eigenvalue weighted by atomic mass is 10.1. The van der Waals surface area contributed by atoms with Gasteiger partial charge in [-0.3, -0.25) is 0 Å². The van der Waals surface area contributed by atoms with Gasteiger partial charge in [0, 0.05) is 24.5 Å². The number of nitrogens with zero attached hydrogens (tertiary/aromatic N) is 3. The van der Waals surface area contributed by atoms with Crippen molar-refractivity contribution >= 4 is 35.0 Å². The molecule has 0 unspecified atom stereocenters. The first-order chi connectivity index (χ1) is 12.7. The van der Waals surface area contributed by atoms with Crippen molar-refractivity contribution in [1.29, 1.82) is 0 Å². The third kappa shape index (κ3) is 2.76. The minimum atomic E-state index is 0.976. The van der Waals surface area contributed by atoms with Gasteiger partial charge in [-0.25, -0.2) is 4.99 Å². The van der Waals surface area contributed by atoms with Gasteiger partial charge in [-0.2, -0.15) is 0 Å². The van der Waals surface area contributed by atoms with E-state index in [0.717, 1.165) is 46.4 Å². The van der Waals surface area contributed by atoms with Gasteiger partial charge in [0.05, 0.1) is 22.4 Å². The number of anilines is 4. The molecule has 0 spiro atoms. The second kappa shape index (κ2) is 6.68. The van der Waals surface area contributed by atoms with Gasteiger partial charge in [-0.1, -0.05) is 30.8 Å². The number of benzene rings is 3. The van der Waals surface area contributed by atoms with Crippen LogP contribution in [0.4, 0.5) is 28.4 Å². The molecule has 0 bridgehead atoms. The summed E-state index contributed by atoms with van der Waals surface area (Å²) in [5, 5.41) is 1.97. The van der Waals surface area contributed by atoms with E-state index >= 15 is 0 Å². The van der Waals surface area contributed by atoms with Crippen molar-refractivity contribution < 1.29 is 0 Å². The van der Waals surface area contributed by atoms with Crippen LogP contribution in [-0.4, -0.2) is 13.1 Å². The van der Waals surface area contributed by atoms with Crippen molar-refractivity contribution in [2.45, 2.75) is 13.8 Å². The summed E-state index contributed by atoms with van der Waals surface area (Å²) >= 11 is 0. The van der Waals surface area contributed by atoms with Gasteiger partial charge in [0.1, 0.15) is 0 Å². The maximum Gasteiger partial charge on any atom is 0.0879 e. The molecule has 3 aromatic rings. The van der Waals surface area contributed by atoms with Gasteiger partial charge in [-0.15, -0.1) is 0 Å². The lowest BCUT2D eigenvalue weighted by molar-refractivity contribution is 0.866. The molecule has 3 aromatic carbocycles. The number of rotatable bonds is 4. The molecule has 26 heavy (non-hydrogen) atoms. The molecule has 0 aliphatic carbocycles. The first-order valence-electron chi connectivity index (χ1n) is 9.13. The van der Waals surface area contributed by atoms with E-state index in [9.17, 15) is 0 Å². The standard InChI is InChI=1S/C23H23N3/c1-4-25(5-2)19-12-14-21-23(16-19)26(18-9-7-6-8-10-18)22-15-17(3)11-13-20(22)24-21/h6-16H,3-5H2,1-2H3. The molecule has 1 heterocycles. The Morgan fingerprint density at radius 3 is 2.38 bits per heavy atom. The summed E-state index contributed by atoms with van der Waals surface area (Å²) in [6.07, 6.45) is 0. The van der Waals surface area contributed by atoms with Crippen molar-refractivity contribution in [3.63, 3.8) is 0 Å². The molecule has 0 atom stereocenters. The molecule has 130 valence electrons. The van der Waals surface area contributed by atoms with Crippen LogP contribution < -0.4 is 20.4 Å². The van der Waals surface area contributed by atoms with Crippen LogP contribution in [0.5, 0.6) is 0 Å². The fraction of sp³-hybridized carbons (Fsp3) is 0.174. The highest BCUT2D eigenvalue weighted by molar-refractivity contribution is 5.87. The number of hydrogen-bond donors (Lipinski definition) is 0. The normalized spacial score (nSPS) is 12.2. The second-order valence-electron chi connectivity index (χ2n) is 6.45. The van der Waals surface area contributed by atoms with E-state index in [1.165, 1.54) is 5.69 Å². The van der Waals surface area contributed by atoms with Crippen LogP contribution in [0.1, 0.15) is 13.8 Å². The highest BCUT2D eigenvalue weighted by atomic mass is 15.2. The molecule has 1 aliphatic heterocycles. The predicted molar refractivity (Wildman–Crippen MR) is 111 cm³/mol. The molecule has 4 rings (SSSR count). The highest BCUT2D eigenvalue weighted by Crippen LogP contribution is 2.42. The van der Waals surface area contributed by atoms with Gasteiger partial charge in [0.2, 0.25) is 0 Å². The predicted octanol–water partition coefficient (Wildman–Crippen LogP) is 4.68. The van der Waals surface area contributed by atoms with Crippen molar-refractivity contribution in [2.75, 3.05) is 22.9 Å². The molecule has 0 aromatic heterocycles. The summed E-state index contributed by atoms with van der Waals surface area (Å²) in [6, 6.07) is 23.2. The fourth-order valence-corrected chi connectivity index (χ4v) is 3.53. The van der Waals surface area contributed by atoms with Crippen LogP contribution in [0.25, 0.3) is 6.58 Å². The third-order valence-corrected chi connectivity index (χ3v) is 4.86. The largest absolute Gasteiger partial charge is 0.372 e. The molecule has 0 N–H and O–H groups in total. The first kappa shape index (κ1) is 16.4. The van der Waals surface area contributed by atoms with Crippen molar-refractivity contribution in [3.8, 4) is 0 Å². The van der Waals surface area contributed by atoms with E-state index < -0.39 is 0 Å². The van der Waals surface area contributed by atoms with Gasteiger partial charge in [0.15, 0.2) is 0 Å². The van der Waals surface area contributed by atoms with E-state index in [-0.39, 0.29) is 0 Å². The molecule has 0 radical (unpaired) electrons. The highest BCUT2D eigenvalue weighted by Gasteiger charge is 2.22. The topological polar surface area (TPSA) is 18.8 Å². The Labute approximate surface area is 154 Å². The summed E-state index contributed by atoms with van der Waals surface area (Å²) in [7, 11) is 0. The van der Waals surface area contributed by atoms with Crippen LogP contribution in [0.3, 0.4) is 0 Å². The summed E-state index contributed by atoms with van der Waals surface area (Å²) in [5.41, 5.74) is 5.53.